The van der Waals surface area contributed by atoms with Crippen molar-refractivity contribution in [1.82, 2.24) is 5.32 Å². The Morgan fingerprint density at radius 2 is 1.65 bits per heavy atom. The van der Waals surface area contributed by atoms with Crippen LogP contribution < -0.4 is 5.32 Å². The van der Waals surface area contributed by atoms with Crippen LogP contribution >= 0.6 is 0 Å². The molecule has 2 unspecified atom stereocenters. The Morgan fingerprint density at radius 3 is 2.15 bits per heavy atom. The molecular formula is C22H25NO3. The van der Waals surface area contributed by atoms with Crippen molar-refractivity contribution < 1.29 is 14.7 Å². The zero-order chi connectivity index (χ0) is 18.6. The van der Waals surface area contributed by atoms with E-state index in [-0.39, 0.29) is 18.4 Å². The van der Waals surface area contributed by atoms with Gasteiger partial charge in [0.2, 0.25) is 5.91 Å². The monoisotopic (exact) mass is 351 g/mol. The van der Waals surface area contributed by atoms with E-state index in [4.69, 9.17) is 0 Å². The summed E-state index contributed by atoms with van der Waals surface area (Å²) in [4.78, 5) is 25.0. The SMILES string of the molecule is CCC(CNC(=O)C(c1ccccc1)C1CC1)(C(=O)O)c1ccccc1. The van der Waals surface area contributed by atoms with Crippen molar-refractivity contribution in [3.8, 4) is 0 Å². The molecule has 4 heteroatoms. The third-order valence-corrected chi connectivity index (χ3v) is 5.44. The van der Waals surface area contributed by atoms with Crippen LogP contribution in [0.2, 0.25) is 0 Å². The molecule has 0 aromatic heterocycles. The molecule has 1 aliphatic rings. The predicted molar refractivity (Wildman–Crippen MR) is 101 cm³/mol. The van der Waals surface area contributed by atoms with Crippen molar-refractivity contribution in [3.05, 3.63) is 71.8 Å². The fourth-order valence-electron chi connectivity index (χ4n) is 3.61. The minimum absolute atomic E-state index is 0.0753. The third-order valence-electron chi connectivity index (χ3n) is 5.44. The van der Waals surface area contributed by atoms with E-state index in [0.29, 0.717) is 12.3 Å². The topological polar surface area (TPSA) is 66.4 Å². The lowest BCUT2D eigenvalue weighted by atomic mass is 9.77. The molecule has 3 rings (SSSR count). The van der Waals surface area contributed by atoms with Gasteiger partial charge in [0.05, 0.1) is 5.92 Å². The molecule has 0 radical (unpaired) electrons. The molecule has 1 saturated carbocycles. The summed E-state index contributed by atoms with van der Waals surface area (Å²) in [5.74, 6) is -0.826. The quantitative estimate of drug-likeness (QED) is 0.761. The van der Waals surface area contributed by atoms with E-state index in [1.807, 2.05) is 67.6 Å². The number of benzene rings is 2. The number of aliphatic carboxylic acids is 1. The van der Waals surface area contributed by atoms with Crippen molar-refractivity contribution in [1.29, 1.82) is 0 Å². The summed E-state index contributed by atoms with van der Waals surface area (Å²) in [6.07, 6.45) is 2.50. The molecule has 0 heterocycles. The van der Waals surface area contributed by atoms with Gasteiger partial charge in [-0.3, -0.25) is 9.59 Å². The summed E-state index contributed by atoms with van der Waals surface area (Å²) in [5, 5.41) is 12.9. The van der Waals surface area contributed by atoms with Gasteiger partial charge in [0, 0.05) is 6.54 Å². The average molecular weight is 351 g/mol. The van der Waals surface area contributed by atoms with Crippen LogP contribution in [-0.2, 0) is 15.0 Å². The molecule has 1 fully saturated rings. The summed E-state index contributed by atoms with van der Waals surface area (Å²) in [6, 6.07) is 18.9. The first-order valence-corrected chi connectivity index (χ1v) is 9.20. The van der Waals surface area contributed by atoms with Crippen molar-refractivity contribution >= 4 is 11.9 Å². The fourth-order valence-corrected chi connectivity index (χ4v) is 3.61. The summed E-state index contributed by atoms with van der Waals surface area (Å²) in [6.45, 7) is 1.95. The van der Waals surface area contributed by atoms with Gasteiger partial charge in [-0.25, -0.2) is 0 Å². The number of rotatable bonds is 8. The van der Waals surface area contributed by atoms with Gasteiger partial charge in [-0.05, 0) is 36.3 Å². The predicted octanol–water partition coefficient (Wildman–Crippen LogP) is 3.73. The molecule has 136 valence electrons. The van der Waals surface area contributed by atoms with Crippen LogP contribution in [0.5, 0.6) is 0 Å². The van der Waals surface area contributed by atoms with Crippen molar-refractivity contribution in [2.75, 3.05) is 6.54 Å². The number of carboxylic acid groups (broad SMARTS) is 1. The number of hydrogen-bond acceptors (Lipinski definition) is 2. The van der Waals surface area contributed by atoms with Gasteiger partial charge >= 0.3 is 5.97 Å². The Hall–Kier alpha value is -2.62. The Bertz CT molecular complexity index is 755. The molecule has 0 aliphatic heterocycles. The Labute approximate surface area is 154 Å². The summed E-state index contributed by atoms with van der Waals surface area (Å²) in [7, 11) is 0. The lowest BCUT2D eigenvalue weighted by molar-refractivity contribution is -0.144. The van der Waals surface area contributed by atoms with Gasteiger partial charge in [-0.2, -0.15) is 0 Å². The highest BCUT2D eigenvalue weighted by Gasteiger charge is 2.41. The van der Waals surface area contributed by atoms with Crippen LogP contribution in [0.1, 0.15) is 43.2 Å². The van der Waals surface area contributed by atoms with Gasteiger partial charge < -0.3 is 10.4 Å². The number of carbonyl (C=O) groups excluding carboxylic acids is 1. The van der Waals surface area contributed by atoms with E-state index in [1.165, 1.54) is 0 Å². The second kappa shape index (κ2) is 7.73. The molecule has 1 amide bonds. The number of nitrogens with one attached hydrogen (secondary N) is 1. The average Bonchev–Trinajstić information content (AvgIpc) is 3.49. The van der Waals surface area contributed by atoms with Crippen molar-refractivity contribution in [3.63, 3.8) is 0 Å². The van der Waals surface area contributed by atoms with E-state index < -0.39 is 11.4 Å². The van der Waals surface area contributed by atoms with Gasteiger partial charge in [0.1, 0.15) is 5.41 Å². The summed E-state index contributed by atoms with van der Waals surface area (Å²) >= 11 is 0. The van der Waals surface area contributed by atoms with Gasteiger partial charge in [-0.15, -0.1) is 0 Å². The van der Waals surface area contributed by atoms with Crippen LogP contribution in [0.4, 0.5) is 0 Å². The zero-order valence-electron chi connectivity index (χ0n) is 15.0. The molecule has 1 aliphatic carbocycles. The first-order chi connectivity index (χ1) is 12.6. The third kappa shape index (κ3) is 3.64. The maximum absolute atomic E-state index is 12.9. The normalized spacial score (nSPS) is 17.1. The van der Waals surface area contributed by atoms with E-state index in [2.05, 4.69) is 5.32 Å². The fraction of sp³-hybridized carbons (Fsp3) is 0.364. The second-order valence-electron chi connectivity index (χ2n) is 7.05. The smallest absolute Gasteiger partial charge is 0.315 e. The maximum atomic E-state index is 12.9. The van der Waals surface area contributed by atoms with E-state index in [9.17, 15) is 14.7 Å². The molecule has 2 aromatic rings. The van der Waals surface area contributed by atoms with E-state index in [0.717, 1.165) is 24.0 Å². The molecule has 2 atom stereocenters. The minimum Gasteiger partial charge on any atom is -0.481 e. The van der Waals surface area contributed by atoms with Crippen LogP contribution in [0.3, 0.4) is 0 Å². The minimum atomic E-state index is -1.11. The Kier molecular flexibility index (Phi) is 5.40. The van der Waals surface area contributed by atoms with Crippen LogP contribution in [0.25, 0.3) is 0 Å². The molecule has 0 bridgehead atoms. The number of carboxylic acids is 1. The number of carbonyl (C=O) groups is 2. The van der Waals surface area contributed by atoms with Gasteiger partial charge in [0.25, 0.3) is 0 Å². The van der Waals surface area contributed by atoms with Crippen LogP contribution in [0, 0.1) is 5.92 Å². The number of hydrogen-bond donors (Lipinski definition) is 2. The second-order valence-corrected chi connectivity index (χ2v) is 7.05. The maximum Gasteiger partial charge on any atom is 0.315 e. The standard InChI is InChI=1S/C22H25NO3/c1-2-22(21(25)26,18-11-7-4-8-12-18)15-23-20(24)19(17-13-14-17)16-9-5-3-6-10-16/h3-12,17,19H,2,13-15H2,1H3,(H,23,24)(H,25,26). The summed E-state index contributed by atoms with van der Waals surface area (Å²) in [5.41, 5.74) is 0.615. The van der Waals surface area contributed by atoms with Crippen LogP contribution in [0.15, 0.2) is 60.7 Å². The van der Waals surface area contributed by atoms with Gasteiger partial charge in [0.15, 0.2) is 0 Å². The Morgan fingerprint density at radius 1 is 1.08 bits per heavy atom. The van der Waals surface area contributed by atoms with Gasteiger partial charge in [-0.1, -0.05) is 67.6 Å². The van der Waals surface area contributed by atoms with Crippen molar-refractivity contribution in [2.45, 2.75) is 37.5 Å². The zero-order valence-corrected chi connectivity index (χ0v) is 15.0. The molecule has 2 N–H and O–H groups in total. The highest BCUT2D eigenvalue weighted by atomic mass is 16.4. The van der Waals surface area contributed by atoms with E-state index in [1.54, 1.807) is 0 Å². The summed E-state index contributed by atoms with van der Waals surface area (Å²) < 4.78 is 0. The lowest BCUT2D eigenvalue weighted by Gasteiger charge is -2.30. The molecule has 2 aromatic carbocycles. The molecule has 4 nitrogen and oxygen atoms in total. The lowest BCUT2D eigenvalue weighted by Crippen LogP contribution is -2.47. The first-order valence-electron chi connectivity index (χ1n) is 9.20. The highest BCUT2D eigenvalue weighted by molar-refractivity contribution is 5.87. The van der Waals surface area contributed by atoms with E-state index >= 15 is 0 Å². The first kappa shape index (κ1) is 18.2. The molecule has 0 spiro atoms. The van der Waals surface area contributed by atoms with Crippen molar-refractivity contribution in [2.24, 2.45) is 5.92 Å². The Balaban J connectivity index is 1.80. The number of amides is 1. The van der Waals surface area contributed by atoms with Crippen LogP contribution in [-0.4, -0.2) is 23.5 Å². The highest BCUT2D eigenvalue weighted by Crippen LogP contribution is 2.42. The largest absolute Gasteiger partial charge is 0.481 e. The molecular weight excluding hydrogens is 326 g/mol. The molecule has 0 saturated heterocycles. The molecule has 26 heavy (non-hydrogen) atoms.